The molecule has 0 bridgehead atoms. The Balaban J connectivity index is 1.95. The van der Waals surface area contributed by atoms with E-state index in [1.165, 1.54) is 0 Å². The first-order valence-corrected chi connectivity index (χ1v) is 7.22. The fourth-order valence-electron chi connectivity index (χ4n) is 2.36. The summed E-state index contributed by atoms with van der Waals surface area (Å²) < 4.78 is 5.40. The number of ether oxygens (including phenoxy) is 1. The van der Waals surface area contributed by atoms with Crippen molar-refractivity contribution in [2.24, 2.45) is 0 Å². The SMILES string of the molecule is Cc1nc(N)ccc1N1CCN(C(=O)OC(C)(C)C)CC1. The number of piperazine rings is 1. The van der Waals surface area contributed by atoms with Gasteiger partial charge in [0.1, 0.15) is 11.4 Å². The summed E-state index contributed by atoms with van der Waals surface area (Å²) in [6.45, 7) is 10.4. The van der Waals surface area contributed by atoms with Crippen LogP contribution in [0.2, 0.25) is 0 Å². The van der Waals surface area contributed by atoms with Gasteiger partial charge in [-0.3, -0.25) is 0 Å². The van der Waals surface area contributed by atoms with Crippen molar-refractivity contribution in [2.75, 3.05) is 36.8 Å². The average molecular weight is 292 g/mol. The first kappa shape index (κ1) is 15.4. The van der Waals surface area contributed by atoms with Crippen LogP contribution in [0.25, 0.3) is 0 Å². The number of pyridine rings is 1. The number of rotatable bonds is 1. The quantitative estimate of drug-likeness (QED) is 0.857. The van der Waals surface area contributed by atoms with Gasteiger partial charge in [0.25, 0.3) is 0 Å². The van der Waals surface area contributed by atoms with Crippen LogP contribution in [0.1, 0.15) is 26.5 Å². The minimum Gasteiger partial charge on any atom is -0.444 e. The van der Waals surface area contributed by atoms with E-state index in [9.17, 15) is 4.79 Å². The Bertz CT molecular complexity index is 517. The number of hydrogen-bond acceptors (Lipinski definition) is 5. The Kier molecular flexibility index (Phi) is 4.25. The molecule has 0 atom stereocenters. The number of nitrogens with zero attached hydrogens (tertiary/aromatic N) is 3. The Labute approximate surface area is 125 Å². The molecule has 0 saturated carbocycles. The summed E-state index contributed by atoms with van der Waals surface area (Å²) in [6.07, 6.45) is -0.241. The maximum Gasteiger partial charge on any atom is 0.410 e. The summed E-state index contributed by atoms with van der Waals surface area (Å²) in [6, 6.07) is 3.80. The summed E-state index contributed by atoms with van der Waals surface area (Å²) in [5, 5.41) is 0. The van der Waals surface area contributed by atoms with Crippen LogP contribution in [0.5, 0.6) is 0 Å². The lowest BCUT2D eigenvalue weighted by Gasteiger charge is -2.37. The molecule has 6 heteroatoms. The fourth-order valence-corrected chi connectivity index (χ4v) is 2.36. The van der Waals surface area contributed by atoms with Crippen LogP contribution in [-0.4, -0.2) is 47.8 Å². The zero-order valence-electron chi connectivity index (χ0n) is 13.2. The van der Waals surface area contributed by atoms with Crippen molar-refractivity contribution in [1.29, 1.82) is 0 Å². The van der Waals surface area contributed by atoms with E-state index in [1.54, 1.807) is 4.90 Å². The average Bonchev–Trinajstić information content (AvgIpc) is 2.37. The fraction of sp³-hybridized carbons (Fsp3) is 0.600. The highest BCUT2D eigenvalue weighted by molar-refractivity contribution is 5.68. The molecule has 0 unspecified atom stereocenters. The Morgan fingerprint density at radius 1 is 1.24 bits per heavy atom. The molecule has 2 heterocycles. The summed E-state index contributed by atoms with van der Waals surface area (Å²) in [5.74, 6) is 0.531. The van der Waals surface area contributed by atoms with Crippen molar-refractivity contribution in [2.45, 2.75) is 33.3 Å². The second-order valence-corrected chi connectivity index (χ2v) is 6.30. The van der Waals surface area contributed by atoms with Gasteiger partial charge in [0, 0.05) is 26.2 Å². The van der Waals surface area contributed by atoms with E-state index in [0.29, 0.717) is 18.9 Å². The molecule has 21 heavy (non-hydrogen) atoms. The molecule has 0 spiro atoms. The van der Waals surface area contributed by atoms with E-state index in [-0.39, 0.29) is 6.09 Å². The molecule has 2 N–H and O–H groups in total. The van der Waals surface area contributed by atoms with Crippen molar-refractivity contribution >= 4 is 17.6 Å². The van der Waals surface area contributed by atoms with E-state index in [2.05, 4.69) is 9.88 Å². The first-order chi connectivity index (χ1) is 9.76. The molecule has 1 aromatic rings. The number of anilines is 2. The van der Waals surface area contributed by atoms with Gasteiger partial charge in [0.05, 0.1) is 11.4 Å². The highest BCUT2D eigenvalue weighted by atomic mass is 16.6. The molecule has 0 radical (unpaired) electrons. The van der Waals surface area contributed by atoms with Crippen LogP contribution in [0.15, 0.2) is 12.1 Å². The zero-order chi connectivity index (χ0) is 15.6. The van der Waals surface area contributed by atoms with E-state index in [4.69, 9.17) is 10.5 Å². The zero-order valence-corrected chi connectivity index (χ0v) is 13.2. The lowest BCUT2D eigenvalue weighted by Crippen LogP contribution is -2.50. The van der Waals surface area contributed by atoms with Gasteiger partial charge in [-0.25, -0.2) is 9.78 Å². The highest BCUT2D eigenvalue weighted by Gasteiger charge is 2.26. The molecule has 2 rings (SSSR count). The van der Waals surface area contributed by atoms with Crippen molar-refractivity contribution in [1.82, 2.24) is 9.88 Å². The predicted molar refractivity (Wildman–Crippen MR) is 83.4 cm³/mol. The van der Waals surface area contributed by atoms with Gasteiger partial charge in [-0.2, -0.15) is 0 Å². The van der Waals surface area contributed by atoms with E-state index in [0.717, 1.165) is 24.5 Å². The molecule has 6 nitrogen and oxygen atoms in total. The number of aromatic nitrogens is 1. The van der Waals surface area contributed by atoms with Crippen molar-refractivity contribution in [3.05, 3.63) is 17.8 Å². The summed E-state index contributed by atoms with van der Waals surface area (Å²) in [7, 11) is 0. The lowest BCUT2D eigenvalue weighted by molar-refractivity contribution is 0.0240. The van der Waals surface area contributed by atoms with Gasteiger partial charge < -0.3 is 20.3 Å². The molecule has 0 aliphatic carbocycles. The van der Waals surface area contributed by atoms with Crippen molar-refractivity contribution in [3.8, 4) is 0 Å². The predicted octanol–water partition coefficient (Wildman–Crippen LogP) is 2.03. The molecule has 1 saturated heterocycles. The normalized spacial score (nSPS) is 16.0. The van der Waals surface area contributed by atoms with Gasteiger partial charge in [-0.1, -0.05) is 0 Å². The van der Waals surface area contributed by atoms with E-state index >= 15 is 0 Å². The van der Waals surface area contributed by atoms with Crippen LogP contribution in [-0.2, 0) is 4.74 Å². The molecule has 116 valence electrons. The lowest BCUT2D eigenvalue weighted by atomic mass is 10.2. The van der Waals surface area contributed by atoms with Crippen LogP contribution >= 0.6 is 0 Å². The van der Waals surface area contributed by atoms with Gasteiger partial charge in [-0.05, 0) is 39.8 Å². The van der Waals surface area contributed by atoms with Crippen LogP contribution in [0.3, 0.4) is 0 Å². The number of carbonyl (C=O) groups is 1. The third-order valence-electron chi connectivity index (χ3n) is 3.35. The number of carbonyl (C=O) groups excluding carboxylic acids is 1. The molecule has 1 aliphatic heterocycles. The number of nitrogens with two attached hydrogens (primary N) is 1. The monoisotopic (exact) mass is 292 g/mol. The largest absolute Gasteiger partial charge is 0.444 e. The summed E-state index contributed by atoms with van der Waals surface area (Å²) >= 11 is 0. The smallest absolute Gasteiger partial charge is 0.410 e. The summed E-state index contributed by atoms with van der Waals surface area (Å²) in [4.78, 5) is 20.3. The third-order valence-corrected chi connectivity index (χ3v) is 3.35. The Morgan fingerprint density at radius 2 is 1.86 bits per heavy atom. The van der Waals surface area contributed by atoms with Gasteiger partial charge in [0.15, 0.2) is 0 Å². The number of aryl methyl sites for hydroxylation is 1. The Hall–Kier alpha value is -1.98. The molecule has 1 aromatic heterocycles. The molecular formula is C15H24N4O2. The maximum absolute atomic E-state index is 12.0. The van der Waals surface area contributed by atoms with Gasteiger partial charge >= 0.3 is 6.09 Å². The van der Waals surface area contributed by atoms with Crippen LogP contribution < -0.4 is 10.6 Å². The Morgan fingerprint density at radius 3 is 2.38 bits per heavy atom. The standard InChI is InChI=1S/C15H24N4O2/c1-11-12(5-6-13(16)17-11)18-7-9-19(10-8-18)14(20)21-15(2,3)4/h5-6H,7-10H2,1-4H3,(H2,16,17). The number of nitrogen functional groups attached to an aromatic ring is 1. The van der Waals surface area contributed by atoms with E-state index in [1.807, 2.05) is 39.8 Å². The molecule has 1 amide bonds. The highest BCUT2D eigenvalue weighted by Crippen LogP contribution is 2.21. The molecular weight excluding hydrogens is 268 g/mol. The maximum atomic E-state index is 12.0. The minimum atomic E-state index is -0.453. The minimum absolute atomic E-state index is 0.241. The van der Waals surface area contributed by atoms with Crippen molar-refractivity contribution in [3.63, 3.8) is 0 Å². The van der Waals surface area contributed by atoms with Crippen LogP contribution in [0, 0.1) is 6.92 Å². The molecule has 1 fully saturated rings. The third kappa shape index (κ3) is 4.00. The van der Waals surface area contributed by atoms with Crippen molar-refractivity contribution < 1.29 is 9.53 Å². The number of hydrogen-bond donors (Lipinski definition) is 1. The second kappa shape index (κ2) is 5.79. The molecule has 1 aliphatic rings. The second-order valence-electron chi connectivity index (χ2n) is 6.30. The number of amides is 1. The summed E-state index contributed by atoms with van der Waals surface area (Å²) in [5.41, 5.74) is 7.22. The van der Waals surface area contributed by atoms with E-state index < -0.39 is 5.60 Å². The molecule has 0 aromatic carbocycles. The van der Waals surface area contributed by atoms with Gasteiger partial charge in [-0.15, -0.1) is 0 Å². The van der Waals surface area contributed by atoms with Gasteiger partial charge in [0.2, 0.25) is 0 Å². The first-order valence-electron chi connectivity index (χ1n) is 7.22. The topological polar surface area (TPSA) is 71.7 Å². The van der Waals surface area contributed by atoms with Crippen LogP contribution in [0.4, 0.5) is 16.3 Å².